The van der Waals surface area contributed by atoms with Crippen molar-refractivity contribution in [1.82, 2.24) is 9.80 Å². The topological polar surface area (TPSA) is 73.0 Å². The first kappa shape index (κ1) is 28.2. The molecule has 1 N–H and O–H groups in total. The van der Waals surface area contributed by atoms with E-state index in [1.165, 1.54) is 0 Å². The zero-order chi connectivity index (χ0) is 27.9. The molecule has 1 saturated carbocycles. The first-order chi connectivity index (χ1) is 19.5. The maximum atomic E-state index is 13.8. The highest BCUT2D eigenvalue weighted by molar-refractivity contribution is 6.02. The van der Waals surface area contributed by atoms with Crippen LogP contribution in [-0.2, 0) is 9.59 Å². The molecule has 3 aliphatic rings. The average molecular weight is 545 g/mol. The molecule has 0 unspecified atom stereocenters. The molecule has 0 radical (unpaired) electrons. The van der Waals surface area contributed by atoms with Gasteiger partial charge in [-0.2, -0.15) is 0 Å². The van der Waals surface area contributed by atoms with Gasteiger partial charge in [-0.15, -0.1) is 0 Å². The molecular weight excluding hydrogens is 500 g/mol. The van der Waals surface area contributed by atoms with Crippen LogP contribution in [0, 0.1) is 5.92 Å². The van der Waals surface area contributed by atoms with Gasteiger partial charge in [0.1, 0.15) is 0 Å². The summed E-state index contributed by atoms with van der Waals surface area (Å²) in [5, 5.41) is 3.10. The van der Waals surface area contributed by atoms with Crippen LogP contribution in [0.2, 0.25) is 0 Å². The van der Waals surface area contributed by atoms with E-state index >= 15 is 0 Å². The average Bonchev–Trinajstić information content (AvgIpc) is 3.43. The first-order valence-corrected chi connectivity index (χ1v) is 15.4. The van der Waals surface area contributed by atoms with Gasteiger partial charge in [-0.3, -0.25) is 14.4 Å². The molecule has 2 aromatic rings. The second-order valence-electron chi connectivity index (χ2n) is 11.6. The van der Waals surface area contributed by atoms with E-state index < -0.39 is 0 Å². The Labute approximate surface area is 238 Å². The number of nitrogens with one attached hydrogen (secondary N) is 1. The van der Waals surface area contributed by atoms with Crippen LogP contribution in [0.4, 0.5) is 11.4 Å². The van der Waals surface area contributed by atoms with Crippen LogP contribution in [0.1, 0.15) is 86.6 Å². The van der Waals surface area contributed by atoms with E-state index in [0.717, 1.165) is 88.7 Å². The van der Waals surface area contributed by atoms with Gasteiger partial charge in [0.25, 0.3) is 5.91 Å². The summed E-state index contributed by atoms with van der Waals surface area (Å²) in [6.07, 6.45) is 8.92. The van der Waals surface area contributed by atoms with Crippen molar-refractivity contribution >= 4 is 29.1 Å². The van der Waals surface area contributed by atoms with Gasteiger partial charge in [0.2, 0.25) is 11.8 Å². The Balaban J connectivity index is 1.34. The van der Waals surface area contributed by atoms with Crippen LogP contribution in [0.3, 0.4) is 0 Å². The quantitative estimate of drug-likeness (QED) is 0.487. The van der Waals surface area contributed by atoms with Crippen molar-refractivity contribution in [1.29, 1.82) is 0 Å². The zero-order valence-corrected chi connectivity index (χ0v) is 23.9. The van der Waals surface area contributed by atoms with Crippen molar-refractivity contribution in [3.63, 3.8) is 0 Å². The number of hydrogen-bond donors (Lipinski definition) is 1. The number of hydrogen-bond acceptors (Lipinski definition) is 4. The molecule has 2 heterocycles. The molecule has 5 rings (SSSR count). The molecule has 3 amide bonds. The number of likely N-dealkylation sites (tertiary alicyclic amines) is 1. The fourth-order valence-corrected chi connectivity index (χ4v) is 6.60. The highest BCUT2D eigenvalue weighted by Gasteiger charge is 2.29. The molecule has 214 valence electrons. The molecule has 2 aromatic carbocycles. The van der Waals surface area contributed by atoms with Gasteiger partial charge < -0.3 is 20.0 Å². The van der Waals surface area contributed by atoms with Crippen molar-refractivity contribution in [3.8, 4) is 0 Å². The van der Waals surface area contributed by atoms with Crippen LogP contribution < -0.4 is 10.2 Å². The lowest BCUT2D eigenvalue weighted by Gasteiger charge is -2.31. The minimum atomic E-state index is -0.133. The lowest BCUT2D eigenvalue weighted by molar-refractivity contribution is -0.132. The van der Waals surface area contributed by atoms with E-state index in [2.05, 4.69) is 17.1 Å². The predicted octanol–water partition coefficient (Wildman–Crippen LogP) is 5.67. The molecule has 40 heavy (non-hydrogen) atoms. The number of nitrogens with zero attached hydrogens (tertiary/aromatic N) is 3. The minimum Gasteiger partial charge on any atom is -0.369 e. The Morgan fingerprint density at radius 2 is 1.52 bits per heavy atom. The maximum absolute atomic E-state index is 13.8. The van der Waals surface area contributed by atoms with Crippen LogP contribution in [0.15, 0.2) is 48.5 Å². The van der Waals surface area contributed by atoms with Gasteiger partial charge in [-0.05, 0) is 68.7 Å². The van der Waals surface area contributed by atoms with E-state index in [-0.39, 0.29) is 29.6 Å². The number of benzene rings is 2. The molecule has 1 atom stereocenters. The lowest BCUT2D eigenvalue weighted by Crippen LogP contribution is -2.39. The van der Waals surface area contributed by atoms with E-state index in [1.807, 2.05) is 58.3 Å². The fourth-order valence-electron chi connectivity index (χ4n) is 6.60. The Bertz CT molecular complexity index is 1170. The normalized spacial score (nSPS) is 19.3. The third-order valence-electron chi connectivity index (χ3n) is 8.92. The third kappa shape index (κ3) is 6.51. The Morgan fingerprint density at radius 1 is 0.800 bits per heavy atom. The molecule has 3 fully saturated rings. The van der Waals surface area contributed by atoms with Crippen LogP contribution in [0.5, 0.6) is 0 Å². The predicted molar refractivity (Wildman–Crippen MR) is 160 cm³/mol. The molecule has 7 heteroatoms. The van der Waals surface area contributed by atoms with Gasteiger partial charge in [-0.1, -0.05) is 50.1 Å². The highest BCUT2D eigenvalue weighted by Crippen LogP contribution is 2.31. The standard InChI is InChI=1S/C33H44N4O3/c1-2-28(25-12-5-3-6-13-25)32(39)37-21-11-20-35(22-23-37)30-17-16-27(34-31(38)26-14-7-8-15-26)24-29(30)33(40)36-18-9-4-10-19-36/h3,5-6,12-13,16-17,24,26,28H,2,4,7-11,14-15,18-23H2,1H3,(H,34,38)/t28-/m1/s1. The summed E-state index contributed by atoms with van der Waals surface area (Å²) in [5.74, 6) is 0.225. The van der Waals surface area contributed by atoms with E-state index in [1.54, 1.807) is 0 Å². The first-order valence-electron chi connectivity index (χ1n) is 15.4. The Kier molecular flexibility index (Phi) is 9.40. The minimum absolute atomic E-state index is 0.0407. The van der Waals surface area contributed by atoms with Gasteiger partial charge in [0.05, 0.1) is 11.5 Å². The largest absolute Gasteiger partial charge is 0.369 e. The zero-order valence-electron chi connectivity index (χ0n) is 23.9. The van der Waals surface area contributed by atoms with Gasteiger partial charge >= 0.3 is 0 Å². The number of anilines is 2. The SMILES string of the molecule is CC[C@@H](C(=O)N1CCCN(c2ccc(NC(=O)C3CCCC3)cc2C(=O)N2CCCCC2)CC1)c1ccccc1. The lowest BCUT2D eigenvalue weighted by atomic mass is 9.95. The molecule has 1 aliphatic carbocycles. The number of carbonyl (C=O) groups is 3. The maximum Gasteiger partial charge on any atom is 0.256 e. The molecule has 2 saturated heterocycles. The molecule has 2 aliphatic heterocycles. The van der Waals surface area contributed by atoms with Crippen LogP contribution in [-0.4, -0.2) is 66.8 Å². The molecule has 0 bridgehead atoms. The Morgan fingerprint density at radius 3 is 2.25 bits per heavy atom. The molecular formula is C33H44N4O3. The molecule has 7 nitrogen and oxygen atoms in total. The van der Waals surface area contributed by atoms with Crippen molar-refractivity contribution in [2.24, 2.45) is 5.92 Å². The number of amides is 3. The summed E-state index contributed by atoms with van der Waals surface area (Å²) in [7, 11) is 0. The smallest absolute Gasteiger partial charge is 0.256 e. The highest BCUT2D eigenvalue weighted by atomic mass is 16.2. The van der Waals surface area contributed by atoms with Gasteiger partial charge in [0.15, 0.2) is 0 Å². The van der Waals surface area contributed by atoms with Gasteiger partial charge in [0, 0.05) is 56.6 Å². The summed E-state index contributed by atoms with van der Waals surface area (Å²) in [4.78, 5) is 46.5. The third-order valence-corrected chi connectivity index (χ3v) is 8.92. The summed E-state index contributed by atoms with van der Waals surface area (Å²) < 4.78 is 0. The molecule has 0 spiro atoms. The Hall–Kier alpha value is -3.35. The van der Waals surface area contributed by atoms with Crippen molar-refractivity contribution < 1.29 is 14.4 Å². The number of piperidine rings is 1. The number of carbonyl (C=O) groups excluding carboxylic acids is 3. The van der Waals surface area contributed by atoms with Crippen molar-refractivity contribution in [2.75, 3.05) is 49.5 Å². The second kappa shape index (κ2) is 13.3. The van der Waals surface area contributed by atoms with E-state index in [9.17, 15) is 14.4 Å². The second-order valence-corrected chi connectivity index (χ2v) is 11.6. The fraction of sp³-hybridized carbons (Fsp3) is 0.545. The monoisotopic (exact) mass is 544 g/mol. The van der Waals surface area contributed by atoms with Crippen LogP contribution >= 0.6 is 0 Å². The van der Waals surface area contributed by atoms with Gasteiger partial charge in [-0.25, -0.2) is 0 Å². The number of rotatable bonds is 7. The summed E-state index contributed by atoms with van der Waals surface area (Å²) >= 11 is 0. The van der Waals surface area contributed by atoms with Crippen molar-refractivity contribution in [3.05, 3.63) is 59.7 Å². The van der Waals surface area contributed by atoms with Crippen molar-refractivity contribution in [2.45, 2.75) is 70.6 Å². The summed E-state index contributed by atoms with van der Waals surface area (Å²) in [6.45, 7) is 6.41. The van der Waals surface area contributed by atoms with E-state index in [4.69, 9.17) is 0 Å². The van der Waals surface area contributed by atoms with E-state index in [0.29, 0.717) is 30.9 Å². The molecule has 0 aromatic heterocycles. The summed E-state index contributed by atoms with van der Waals surface area (Å²) in [5.41, 5.74) is 3.32. The summed E-state index contributed by atoms with van der Waals surface area (Å²) in [6, 6.07) is 15.9. The van der Waals surface area contributed by atoms with Crippen LogP contribution in [0.25, 0.3) is 0 Å².